The van der Waals surface area contributed by atoms with Gasteiger partial charge in [-0.15, -0.1) is 0 Å². The van der Waals surface area contributed by atoms with Gasteiger partial charge >= 0.3 is 12.1 Å². The number of hydrogen-bond donors (Lipinski definition) is 16. The first-order chi connectivity index (χ1) is 52.9. The number of rotatable bonds is 46. The number of carbonyl (C=O) groups is 10. The van der Waals surface area contributed by atoms with Crippen molar-refractivity contribution >= 4 is 128 Å². The number of hydrogen-bond acceptors (Lipinski definition) is 16. The molecule has 0 radical (unpaired) electrons. The molecule has 0 bridgehead atoms. The fourth-order valence-corrected chi connectivity index (χ4v) is 13.2. The van der Waals surface area contributed by atoms with E-state index in [4.69, 9.17) is 16.2 Å². The number of thiol groups is 2. The Bertz CT molecular complexity index is 4540. The number of nitrogens with two attached hydrogens (primary N) is 2. The Balaban J connectivity index is 0.907. The largest absolute Gasteiger partial charge is 0.383 e. The fourth-order valence-electron chi connectivity index (χ4n) is 13.0. The standard InChI is InChI=1S/C77H99N19O11S2/c1-107-34-27-81-45-71(100)95(50-73(102)94(31-20-54-41-87-62-12-4-2-10-58(54)62)49-69(98)91-65(74(103)84-29-36-109)14-7-25-85-76(78)105)32-21-56-43-90-67-38-53(16-18-60(56)67)52-17-19-64-61(37-52)57(44-89-64)22-30-93(72(101)46-82-40-51-9-6-24-80-39-51)48-70(99)92-66(15-8-26-86-77(79)106)75(104)96(47-68(97)83-28-35-108)33-23-55-42-88-63-13-5-3-11-59(55)63/h2-6,9-13,16-19,24,37-39,41-44,65-66,81-82,87-90,108-109H,7-8,14-15,20-23,25-36,40,45-50H2,1H3,(H,83,97)(H,84,103)(H,91,98)(H,92,99)(H3,78,85,105)(H3,79,86,106). The van der Waals surface area contributed by atoms with Crippen molar-refractivity contribution in [1.29, 1.82) is 0 Å². The van der Waals surface area contributed by atoms with Gasteiger partial charge in [0.2, 0.25) is 47.3 Å². The molecule has 2 atom stereocenters. The average Bonchev–Trinajstić information content (AvgIpc) is 1.69. The number of fused-ring (bicyclic) bond motifs is 4. The Kier molecular flexibility index (Phi) is 32.1. The molecular weight excluding hydrogens is 1430 g/mol. The number of amides is 12. The molecule has 16 N–H and O–H groups in total. The lowest BCUT2D eigenvalue weighted by Gasteiger charge is -2.29. The lowest BCUT2D eigenvalue weighted by Crippen LogP contribution is -2.54. The van der Waals surface area contributed by atoms with Crippen molar-refractivity contribution < 1.29 is 52.7 Å². The van der Waals surface area contributed by atoms with E-state index in [1.807, 2.05) is 110 Å². The summed E-state index contributed by atoms with van der Waals surface area (Å²) in [6, 6.07) is 27.6. The first kappa shape index (κ1) is 82.1. The number of nitrogens with zero attached hydrogens (tertiary/aromatic N) is 5. The maximum atomic E-state index is 14.8. The minimum Gasteiger partial charge on any atom is -0.383 e. The van der Waals surface area contributed by atoms with E-state index in [0.717, 1.165) is 82.6 Å². The van der Waals surface area contributed by atoms with E-state index < -0.39 is 72.7 Å². The van der Waals surface area contributed by atoms with Crippen molar-refractivity contribution in [2.24, 2.45) is 11.5 Å². The van der Waals surface area contributed by atoms with Gasteiger partial charge in [-0.3, -0.25) is 43.3 Å². The highest BCUT2D eigenvalue weighted by Crippen LogP contribution is 2.31. The summed E-state index contributed by atoms with van der Waals surface area (Å²) in [7, 11) is 1.56. The third-order valence-electron chi connectivity index (χ3n) is 18.7. The van der Waals surface area contributed by atoms with Gasteiger partial charge in [-0.25, -0.2) is 9.59 Å². The van der Waals surface area contributed by atoms with Crippen LogP contribution >= 0.6 is 25.3 Å². The number of ether oxygens (including phenoxy) is 1. The molecule has 0 spiro atoms. The minimum atomic E-state index is -1.17. The quantitative estimate of drug-likeness (QED) is 0.0192. The van der Waals surface area contributed by atoms with Gasteiger partial charge in [-0.1, -0.05) is 60.7 Å². The topological polar surface area (TPSA) is 417 Å². The Labute approximate surface area is 642 Å². The van der Waals surface area contributed by atoms with Gasteiger partial charge < -0.3 is 98.3 Å². The average molecular weight is 1530 g/mol. The molecule has 5 aromatic heterocycles. The van der Waals surface area contributed by atoms with E-state index in [9.17, 15) is 47.9 Å². The molecule has 9 rings (SSSR count). The van der Waals surface area contributed by atoms with E-state index in [2.05, 4.69) is 98.8 Å². The SMILES string of the molecule is COCCNCC(=O)N(CCc1c[nH]c2cc(-c3ccc4[nH]cc(CCN(CC(=O)NC(CCCNC(N)=O)C(=O)N(CCc5c[nH]c6ccccc56)CC(=O)NCCS)C(=O)CNCc5cccnc5)c4c3)ccc12)CC(=O)N(CCc1c[nH]c2ccccc12)CC(=O)NC(CCCNC(N)=O)C(=O)NCCS. The maximum absolute atomic E-state index is 14.8. The van der Waals surface area contributed by atoms with Crippen LogP contribution in [-0.2, 0) is 75.3 Å². The summed E-state index contributed by atoms with van der Waals surface area (Å²) in [4.78, 5) is 160. The van der Waals surface area contributed by atoms with Gasteiger partial charge in [0.25, 0.3) is 0 Å². The number of pyridine rings is 1. The summed E-state index contributed by atoms with van der Waals surface area (Å²) in [5.41, 5.74) is 20.3. The second kappa shape index (κ2) is 42.6. The summed E-state index contributed by atoms with van der Waals surface area (Å²) in [6.07, 6.45) is 13.0. The van der Waals surface area contributed by atoms with Crippen LogP contribution in [0.15, 0.2) is 134 Å². The summed E-state index contributed by atoms with van der Waals surface area (Å²) in [6.45, 7) is 0.567. The monoisotopic (exact) mass is 1530 g/mol. The Hall–Kier alpha value is -10.9. The van der Waals surface area contributed by atoms with Gasteiger partial charge in [0.05, 0.1) is 45.9 Å². The molecule has 30 nitrogen and oxygen atoms in total. The number of H-pyrrole nitrogens is 4. The zero-order valence-corrected chi connectivity index (χ0v) is 63.0. The van der Waals surface area contributed by atoms with Crippen LogP contribution in [-0.4, -0.2) is 239 Å². The van der Waals surface area contributed by atoms with Crippen molar-refractivity contribution in [1.82, 2.24) is 87.1 Å². The molecule has 0 saturated heterocycles. The number of urea groups is 2. The van der Waals surface area contributed by atoms with E-state index in [0.29, 0.717) is 63.3 Å². The molecule has 109 heavy (non-hydrogen) atoms. The predicted molar refractivity (Wildman–Crippen MR) is 425 cm³/mol. The lowest BCUT2D eigenvalue weighted by atomic mass is 10.00. The second-order valence-corrected chi connectivity index (χ2v) is 27.3. The number of methoxy groups -OCH3 is 1. The van der Waals surface area contributed by atoms with Crippen molar-refractivity contribution in [3.05, 3.63) is 162 Å². The molecule has 32 heteroatoms. The first-order valence-electron chi connectivity index (χ1n) is 36.5. The number of aromatic amines is 4. The van der Waals surface area contributed by atoms with Gasteiger partial charge in [-0.05, 0) is 127 Å². The normalized spacial score (nSPS) is 11.8. The highest BCUT2D eigenvalue weighted by atomic mass is 32.1. The zero-order chi connectivity index (χ0) is 77.4. The molecule has 9 aromatic rings. The summed E-state index contributed by atoms with van der Waals surface area (Å²) >= 11 is 8.44. The van der Waals surface area contributed by atoms with Crippen LogP contribution in [0.25, 0.3) is 54.7 Å². The summed E-state index contributed by atoms with van der Waals surface area (Å²) in [5, 5.41) is 26.3. The van der Waals surface area contributed by atoms with Crippen LogP contribution in [0, 0.1) is 0 Å². The summed E-state index contributed by atoms with van der Waals surface area (Å²) in [5.74, 6) is -3.08. The highest BCUT2D eigenvalue weighted by molar-refractivity contribution is 7.80. The number of aromatic nitrogens is 5. The second-order valence-electron chi connectivity index (χ2n) is 26.4. The number of nitrogens with one attached hydrogen (secondary N) is 12. The van der Waals surface area contributed by atoms with E-state index in [-0.39, 0.29) is 110 Å². The van der Waals surface area contributed by atoms with Gasteiger partial charge in [-0.2, -0.15) is 25.3 Å². The number of primary amides is 2. The Morgan fingerprint density at radius 1 is 0.477 bits per heavy atom. The van der Waals surface area contributed by atoms with E-state index in [1.165, 1.54) is 19.6 Å². The van der Waals surface area contributed by atoms with Gasteiger partial charge in [0.1, 0.15) is 12.1 Å². The van der Waals surface area contributed by atoms with Gasteiger partial charge in [0, 0.05) is 165 Å². The number of carbonyl (C=O) groups excluding carboxylic acids is 10. The molecule has 0 saturated carbocycles. The van der Waals surface area contributed by atoms with Crippen LogP contribution < -0.4 is 54.0 Å². The third-order valence-corrected chi connectivity index (χ3v) is 19.1. The van der Waals surface area contributed by atoms with E-state index >= 15 is 0 Å². The van der Waals surface area contributed by atoms with Crippen LogP contribution in [0.3, 0.4) is 0 Å². The highest BCUT2D eigenvalue weighted by Gasteiger charge is 2.31. The zero-order valence-electron chi connectivity index (χ0n) is 61.2. The van der Waals surface area contributed by atoms with Gasteiger partial charge in [0.15, 0.2) is 0 Å². The number of para-hydroxylation sites is 2. The van der Waals surface area contributed by atoms with Crippen molar-refractivity contribution in [3.63, 3.8) is 0 Å². The molecular formula is C77H99N19O11S2. The molecule has 12 amide bonds. The smallest absolute Gasteiger partial charge is 0.312 e. The predicted octanol–water partition coefficient (Wildman–Crippen LogP) is 3.54. The van der Waals surface area contributed by atoms with Crippen molar-refractivity contribution in [2.45, 2.75) is 70.0 Å². The summed E-state index contributed by atoms with van der Waals surface area (Å²) < 4.78 is 5.22. The molecule has 5 heterocycles. The lowest BCUT2D eigenvalue weighted by molar-refractivity contribution is -0.142. The molecule has 0 fully saturated rings. The molecule has 0 aliphatic heterocycles. The number of benzene rings is 4. The van der Waals surface area contributed by atoms with Crippen molar-refractivity contribution in [3.8, 4) is 11.1 Å². The van der Waals surface area contributed by atoms with Crippen molar-refractivity contribution in [2.75, 3.05) is 123 Å². The molecule has 2 unspecified atom stereocenters. The third kappa shape index (κ3) is 25.1. The van der Waals surface area contributed by atoms with Crippen LogP contribution in [0.1, 0.15) is 53.5 Å². The molecule has 580 valence electrons. The van der Waals surface area contributed by atoms with Crippen LogP contribution in [0.2, 0.25) is 0 Å². The molecule has 0 aliphatic rings. The minimum absolute atomic E-state index is 0.0648. The maximum Gasteiger partial charge on any atom is 0.312 e. The Morgan fingerprint density at radius 3 is 1.54 bits per heavy atom. The van der Waals surface area contributed by atoms with Crippen LogP contribution in [0.4, 0.5) is 9.59 Å². The fraction of sp³-hybridized carbons (Fsp3) is 0.390. The first-order valence-corrected chi connectivity index (χ1v) is 37.8. The molecule has 0 aliphatic carbocycles. The van der Waals surface area contributed by atoms with E-state index in [1.54, 1.807) is 25.6 Å². The Morgan fingerprint density at radius 2 is 0.963 bits per heavy atom. The van der Waals surface area contributed by atoms with Crippen LogP contribution in [0.5, 0.6) is 0 Å². The molecule has 4 aromatic carbocycles.